The molecule has 6 heteroatoms. The molecule has 0 spiro atoms. The van der Waals surface area contributed by atoms with Gasteiger partial charge < -0.3 is 9.57 Å². The zero-order valence-corrected chi connectivity index (χ0v) is 17.9. The summed E-state index contributed by atoms with van der Waals surface area (Å²) in [6.45, 7) is 2.06. The molecule has 2 aliphatic heterocycles. The summed E-state index contributed by atoms with van der Waals surface area (Å²) in [5, 5.41) is 4.38. The van der Waals surface area contributed by atoms with Crippen molar-refractivity contribution in [3.05, 3.63) is 96.1 Å². The van der Waals surface area contributed by atoms with Crippen molar-refractivity contribution in [2.75, 3.05) is 11.5 Å². The lowest BCUT2D eigenvalue weighted by Crippen LogP contribution is -2.49. The Balaban J connectivity index is 1.71. The minimum absolute atomic E-state index is 0.101. The minimum atomic E-state index is -0.955. The van der Waals surface area contributed by atoms with Crippen molar-refractivity contribution >= 4 is 29.3 Å². The van der Waals surface area contributed by atoms with Gasteiger partial charge in [0.15, 0.2) is 0 Å². The van der Waals surface area contributed by atoms with E-state index in [2.05, 4.69) is 35.5 Å². The quantitative estimate of drug-likeness (QED) is 0.512. The largest absolute Gasteiger partial charge is 0.460 e. The van der Waals surface area contributed by atoms with E-state index in [0.717, 1.165) is 16.1 Å². The van der Waals surface area contributed by atoms with Crippen LogP contribution in [0.15, 0.2) is 95.0 Å². The molecule has 0 fully saturated rings. The molecule has 0 N–H and O–H groups in total. The Morgan fingerprint density at radius 2 is 1.74 bits per heavy atom. The van der Waals surface area contributed by atoms with E-state index < -0.39 is 11.7 Å². The van der Waals surface area contributed by atoms with Gasteiger partial charge in [-0.1, -0.05) is 78.0 Å². The van der Waals surface area contributed by atoms with Crippen LogP contribution in [0, 0.1) is 0 Å². The molecule has 0 saturated heterocycles. The van der Waals surface area contributed by atoms with Crippen LogP contribution in [-0.2, 0) is 20.1 Å². The second-order valence-corrected chi connectivity index (χ2v) is 8.65. The summed E-state index contributed by atoms with van der Waals surface area (Å²) >= 11 is 1.78. The van der Waals surface area contributed by atoms with Crippen LogP contribution in [0.2, 0.25) is 0 Å². The molecule has 0 radical (unpaired) electrons. The Kier molecular flexibility index (Phi) is 5.16. The number of benzene rings is 3. The lowest BCUT2D eigenvalue weighted by molar-refractivity contribution is -0.135. The third-order valence-corrected chi connectivity index (χ3v) is 6.87. The Labute approximate surface area is 185 Å². The Bertz CT molecular complexity index is 1120. The number of carbonyl (C=O) groups is 1. The number of esters is 1. The number of hydrogen-bond acceptors (Lipinski definition) is 6. The summed E-state index contributed by atoms with van der Waals surface area (Å²) in [6.07, 6.45) is 0.604. The summed E-state index contributed by atoms with van der Waals surface area (Å²) < 4.78 is 5.32. The number of ether oxygens (including phenoxy) is 1. The molecule has 2 aliphatic rings. The number of para-hydroxylation sites is 1. The molecular formula is C25H22N2O3S. The van der Waals surface area contributed by atoms with Crippen LogP contribution >= 0.6 is 11.8 Å². The lowest BCUT2D eigenvalue weighted by Gasteiger charge is -2.37. The number of oxime groups is 1. The van der Waals surface area contributed by atoms with Gasteiger partial charge in [-0.3, -0.25) is 4.90 Å². The molecule has 0 bridgehead atoms. The average molecular weight is 431 g/mol. The number of anilines is 1. The summed E-state index contributed by atoms with van der Waals surface area (Å²) in [4.78, 5) is 22.1. The van der Waals surface area contributed by atoms with Crippen LogP contribution in [0.4, 0.5) is 5.69 Å². The maximum absolute atomic E-state index is 12.9. The third-order valence-electron chi connectivity index (χ3n) is 5.55. The van der Waals surface area contributed by atoms with Gasteiger partial charge in [-0.05, 0) is 24.6 Å². The van der Waals surface area contributed by atoms with Gasteiger partial charge in [-0.15, -0.1) is 11.8 Å². The number of rotatable bonds is 4. The molecule has 5 rings (SSSR count). The first-order valence-corrected chi connectivity index (χ1v) is 11.2. The number of carbonyl (C=O) groups excluding carboxylic acids is 1. The summed E-state index contributed by atoms with van der Waals surface area (Å²) in [7, 11) is 0. The molecule has 2 atom stereocenters. The van der Waals surface area contributed by atoms with Gasteiger partial charge >= 0.3 is 5.97 Å². The molecule has 5 nitrogen and oxygen atoms in total. The first kappa shape index (κ1) is 19.7. The van der Waals surface area contributed by atoms with Crippen LogP contribution in [0.3, 0.4) is 0 Å². The zero-order chi connectivity index (χ0) is 21.3. The van der Waals surface area contributed by atoms with Crippen LogP contribution in [-0.4, -0.2) is 18.4 Å². The topological polar surface area (TPSA) is 51.1 Å². The predicted molar refractivity (Wildman–Crippen MR) is 122 cm³/mol. The van der Waals surface area contributed by atoms with E-state index in [1.165, 1.54) is 5.56 Å². The van der Waals surface area contributed by atoms with E-state index in [0.29, 0.717) is 6.42 Å². The number of nitrogens with zero attached hydrogens (tertiary/aromatic N) is 2. The SMILES string of the molecule is CCOC(=O)C1=NOC2(c3ccccc3)CC(c3ccccc3)Sc3ccccc3N12. The first-order valence-electron chi connectivity index (χ1n) is 10.3. The van der Waals surface area contributed by atoms with Gasteiger partial charge in [0.1, 0.15) is 0 Å². The predicted octanol–water partition coefficient (Wildman–Crippen LogP) is 5.49. The fourth-order valence-corrected chi connectivity index (χ4v) is 5.52. The minimum Gasteiger partial charge on any atom is -0.460 e. The fraction of sp³-hybridized carbons (Fsp3) is 0.200. The normalized spacial score (nSPS) is 21.9. The molecular weight excluding hydrogens is 408 g/mol. The van der Waals surface area contributed by atoms with E-state index in [9.17, 15) is 4.79 Å². The molecule has 2 heterocycles. The maximum atomic E-state index is 12.9. The van der Waals surface area contributed by atoms with E-state index in [1.54, 1.807) is 18.7 Å². The molecule has 0 aromatic heterocycles. The van der Waals surface area contributed by atoms with Crippen LogP contribution in [0.5, 0.6) is 0 Å². The van der Waals surface area contributed by atoms with E-state index in [-0.39, 0.29) is 17.7 Å². The first-order chi connectivity index (χ1) is 15.2. The smallest absolute Gasteiger partial charge is 0.378 e. The van der Waals surface area contributed by atoms with Gasteiger partial charge in [0.05, 0.1) is 12.3 Å². The summed E-state index contributed by atoms with van der Waals surface area (Å²) in [6, 6.07) is 28.5. The molecule has 2 unspecified atom stereocenters. The number of thioether (sulfide) groups is 1. The van der Waals surface area contributed by atoms with Crippen molar-refractivity contribution in [3.8, 4) is 0 Å². The fourth-order valence-electron chi connectivity index (χ4n) is 4.17. The second kappa shape index (κ2) is 8.12. The van der Waals surface area contributed by atoms with E-state index in [1.807, 2.05) is 59.5 Å². The Morgan fingerprint density at radius 1 is 1.06 bits per heavy atom. The van der Waals surface area contributed by atoms with Gasteiger partial charge in [0, 0.05) is 22.1 Å². The van der Waals surface area contributed by atoms with Crippen molar-refractivity contribution in [3.63, 3.8) is 0 Å². The highest BCUT2D eigenvalue weighted by molar-refractivity contribution is 7.99. The molecule has 0 aliphatic carbocycles. The molecule has 3 aromatic rings. The third kappa shape index (κ3) is 3.37. The van der Waals surface area contributed by atoms with E-state index >= 15 is 0 Å². The molecule has 156 valence electrons. The van der Waals surface area contributed by atoms with Crippen LogP contribution < -0.4 is 4.90 Å². The number of hydrogen-bond donors (Lipinski definition) is 0. The van der Waals surface area contributed by atoms with Crippen molar-refractivity contribution in [2.45, 2.75) is 29.2 Å². The molecule has 0 amide bonds. The maximum Gasteiger partial charge on any atom is 0.378 e. The molecule has 0 saturated carbocycles. The zero-order valence-electron chi connectivity index (χ0n) is 17.1. The van der Waals surface area contributed by atoms with Gasteiger partial charge in [0.2, 0.25) is 5.72 Å². The monoisotopic (exact) mass is 430 g/mol. The van der Waals surface area contributed by atoms with Crippen molar-refractivity contribution in [1.82, 2.24) is 0 Å². The highest BCUT2D eigenvalue weighted by Gasteiger charge is 2.54. The Hall–Kier alpha value is -3.25. The van der Waals surface area contributed by atoms with Gasteiger partial charge in [-0.2, -0.15) is 0 Å². The van der Waals surface area contributed by atoms with Gasteiger partial charge in [-0.25, -0.2) is 4.79 Å². The summed E-state index contributed by atoms with van der Waals surface area (Å²) in [5.74, 6) is -0.314. The van der Waals surface area contributed by atoms with E-state index in [4.69, 9.17) is 9.57 Å². The standard InChI is InChI=1S/C25H22N2O3S/c1-2-29-24(28)23-26-30-25(19-13-7-4-8-14-19)17-22(18-11-5-3-6-12-18)31-21-16-10-9-15-20(21)27(23)25/h3-16,22H,2,17H2,1H3. The average Bonchev–Trinajstić information content (AvgIpc) is 3.13. The molecule has 31 heavy (non-hydrogen) atoms. The Morgan fingerprint density at radius 3 is 2.48 bits per heavy atom. The molecule has 3 aromatic carbocycles. The highest BCUT2D eigenvalue weighted by atomic mass is 32.2. The number of fused-ring (bicyclic) bond motifs is 3. The lowest BCUT2D eigenvalue weighted by atomic mass is 9.92. The number of amidine groups is 1. The van der Waals surface area contributed by atoms with Crippen molar-refractivity contribution < 1.29 is 14.4 Å². The van der Waals surface area contributed by atoms with Crippen LogP contribution in [0.25, 0.3) is 0 Å². The van der Waals surface area contributed by atoms with Gasteiger partial charge in [0.25, 0.3) is 5.84 Å². The van der Waals surface area contributed by atoms with Crippen molar-refractivity contribution in [1.29, 1.82) is 0 Å². The van der Waals surface area contributed by atoms with Crippen molar-refractivity contribution in [2.24, 2.45) is 5.16 Å². The summed E-state index contributed by atoms with van der Waals surface area (Å²) in [5.41, 5.74) is 2.08. The van der Waals surface area contributed by atoms with Crippen LogP contribution in [0.1, 0.15) is 29.7 Å². The second-order valence-electron chi connectivity index (χ2n) is 7.40. The highest BCUT2D eigenvalue weighted by Crippen LogP contribution is 2.55.